The molecule has 0 saturated carbocycles. The highest BCUT2D eigenvalue weighted by atomic mass is 19.4. The fourth-order valence-electron chi connectivity index (χ4n) is 0.941. The molecule has 1 rings (SSSR count). The summed E-state index contributed by atoms with van der Waals surface area (Å²) in [6, 6.07) is 0. The van der Waals surface area contributed by atoms with E-state index in [1.807, 2.05) is 0 Å². The molecule has 1 heterocycles. The van der Waals surface area contributed by atoms with Crippen LogP contribution in [0.1, 0.15) is 6.42 Å². The number of hydrogen-bond donors (Lipinski definition) is 1. The predicted molar refractivity (Wildman–Crippen MR) is 31.6 cm³/mol. The van der Waals surface area contributed by atoms with Gasteiger partial charge >= 0.3 is 6.18 Å². The molecular weight excluding hydrogens is 143 g/mol. The van der Waals surface area contributed by atoms with Gasteiger partial charge in [-0.3, -0.25) is 0 Å². The molecule has 0 spiro atoms. The largest absolute Gasteiger partial charge is 0.409 e. The summed E-state index contributed by atoms with van der Waals surface area (Å²) in [5.41, 5.74) is 0.451. The molecule has 0 bridgehead atoms. The van der Waals surface area contributed by atoms with Crippen molar-refractivity contribution in [3.63, 3.8) is 0 Å². The Morgan fingerprint density at radius 1 is 1.40 bits per heavy atom. The van der Waals surface area contributed by atoms with Crippen molar-refractivity contribution in [1.29, 1.82) is 0 Å². The van der Waals surface area contributed by atoms with Gasteiger partial charge in [-0.15, -0.1) is 0 Å². The van der Waals surface area contributed by atoms with Crippen LogP contribution in [0.3, 0.4) is 0 Å². The van der Waals surface area contributed by atoms with Gasteiger partial charge in [-0.1, -0.05) is 5.57 Å². The summed E-state index contributed by atoms with van der Waals surface area (Å²) in [5.74, 6) is 0. The van der Waals surface area contributed by atoms with Crippen LogP contribution in [-0.4, -0.2) is 19.3 Å². The first-order valence-corrected chi connectivity index (χ1v) is 3.06. The van der Waals surface area contributed by atoms with E-state index in [-0.39, 0.29) is 0 Å². The lowest BCUT2D eigenvalue weighted by Crippen LogP contribution is -2.07. The molecule has 0 atom stereocenters. The first-order chi connectivity index (χ1) is 4.58. The standard InChI is InChI=1S/C6H8F3N/c7-6(8,9)3-5-1-2-10-4-5/h3,10H,1-2,4H2. The molecule has 1 N–H and O–H groups in total. The molecule has 0 aromatic rings. The number of rotatable bonds is 0. The van der Waals surface area contributed by atoms with Gasteiger partial charge in [-0.05, 0) is 13.0 Å². The minimum atomic E-state index is -4.14. The summed E-state index contributed by atoms with van der Waals surface area (Å²) >= 11 is 0. The second-order valence-corrected chi connectivity index (χ2v) is 2.27. The van der Waals surface area contributed by atoms with E-state index in [0.717, 1.165) is 0 Å². The molecule has 1 nitrogen and oxygen atoms in total. The van der Waals surface area contributed by atoms with Crippen molar-refractivity contribution >= 4 is 0 Å². The maximum Gasteiger partial charge on any atom is 0.409 e. The van der Waals surface area contributed by atoms with E-state index in [0.29, 0.717) is 31.2 Å². The SMILES string of the molecule is FC(F)(F)C=C1CCNC1. The number of nitrogens with one attached hydrogen (secondary N) is 1. The molecule has 4 heteroatoms. The van der Waals surface area contributed by atoms with Crippen LogP contribution in [0.25, 0.3) is 0 Å². The monoisotopic (exact) mass is 151 g/mol. The third-order valence-electron chi connectivity index (χ3n) is 1.34. The van der Waals surface area contributed by atoms with Crippen molar-refractivity contribution in [3.8, 4) is 0 Å². The van der Waals surface area contributed by atoms with Crippen molar-refractivity contribution in [1.82, 2.24) is 5.32 Å². The average molecular weight is 151 g/mol. The van der Waals surface area contributed by atoms with Crippen molar-refractivity contribution < 1.29 is 13.2 Å². The van der Waals surface area contributed by atoms with Crippen LogP contribution in [0.5, 0.6) is 0 Å². The normalized spacial score (nSPS) is 24.1. The van der Waals surface area contributed by atoms with E-state index in [4.69, 9.17) is 0 Å². The molecule has 0 unspecified atom stereocenters. The Balaban J connectivity index is 2.53. The smallest absolute Gasteiger partial charge is 0.313 e. The highest BCUT2D eigenvalue weighted by Gasteiger charge is 2.25. The maximum atomic E-state index is 11.6. The summed E-state index contributed by atoms with van der Waals surface area (Å²) < 4.78 is 34.8. The quantitative estimate of drug-likeness (QED) is 0.517. The molecule has 58 valence electrons. The Morgan fingerprint density at radius 2 is 2.10 bits per heavy atom. The molecule has 0 aromatic carbocycles. The lowest BCUT2D eigenvalue weighted by atomic mass is 10.2. The van der Waals surface area contributed by atoms with Crippen LogP contribution in [0.15, 0.2) is 11.6 Å². The Bertz CT molecular complexity index is 140. The molecule has 0 amide bonds. The zero-order valence-electron chi connectivity index (χ0n) is 5.33. The fraction of sp³-hybridized carbons (Fsp3) is 0.667. The maximum absolute atomic E-state index is 11.6. The first-order valence-electron chi connectivity index (χ1n) is 3.06. The highest BCUT2D eigenvalue weighted by Crippen LogP contribution is 2.20. The predicted octanol–water partition coefficient (Wildman–Crippen LogP) is 1.47. The Morgan fingerprint density at radius 3 is 2.50 bits per heavy atom. The highest BCUT2D eigenvalue weighted by molar-refractivity contribution is 5.11. The van der Waals surface area contributed by atoms with Gasteiger partial charge in [0.05, 0.1) is 0 Å². The lowest BCUT2D eigenvalue weighted by molar-refractivity contribution is -0.0805. The van der Waals surface area contributed by atoms with Gasteiger partial charge in [0.2, 0.25) is 0 Å². The van der Waals surface area contributed by atoms with Crippen LogP contribution in [0, 0.1) is 0 Å². The van der Waals surface area contributed by atoms with Crippen LogP contribution in [0.4, 0.5) is 13.2 Å². The zero-order chi connectivity index (χ0) is 7.61. The van der Waals surface area contributed by atoms with Crippen LogP contribution in [0.2, 0.25) is 0 Å². The molecule has 10 heavy (non-hydrogen) atoms. The number of hydrogen-bond acceptors (Lipinski definition) is 1. The van der Waals surface area contributed by atoms with E-state index in [2.05, 4.69) is 5.32 Å². The van der Waals surface area contributed by atoms with Crippen LogP contribution >= 0.6 is 0 Å². The summed E-state index contributed by atoms with van der Waals surface area (Å²) in [4.78, 5) is 0. The number of halogens is 3. The minimum absolute atomic E-state index is 0.382. The van der Waals surface area contributed by atoms with Gasteiger partial charge in [0.1, 0.15) is 0 Å². The molecular formula is C6H8F3N. The van der Waals surface area contributed by atoms with Gasteiger partial charge in [-0.25, -0.2) is 0 Å². The molecule has 0 radical (unpaired) electrons. The Kier molecular flexibility index (Phi) is 1.99. The van der Waals surface area contributed by atoms with Crippen molar-refractivity contribution in [2.45, 2.75) is 12.6 Å². The molecule has 1 saturated heterocycles. The average Bonchev–Trinajstić information content (AvgIpc) is 2.12. The summed E-state index contributed by atoms with van der Waals surface area (Å²) in [6.45, 7) is 1.06. The van der Waals surface area contributed by atoms with Crippen LogP contribution < -0.4 is 5.32 Å². The van der Waals surface area contributed by atoms with Gasteiger partial charge in [0, 0.05) is 12.6 Å². The number of allylic oxidation sites excluding steroid dienone is 1. The van der Waals surface area contributed by atoms with Gasteiger partial charge in [0.15, 0.2) is 0 Å². The molecule has 1 aliphatic rings. The van der Waals surface area contributed by atoms with Crippen molar-refractivity contribution in [2.75, 3.05) is 13.1 Å². The van der Waals surface area contributed by atoms with E-state index in [9.17, 15) is 13.2 Å². The van der Waals surface area contributed by atoms with Crippen molar-refractivity contribution in [3.05, 3.63) is 11.6 Å². The summed E-state index contributed by atoms with van der Waals surface area (Å²) in [7, 11) is 0. The van der Waals surface area contributed by atoms with Crippen molar-refractivity contribution in [2.24, 2.45) is 0 Å². The minimum Gasteiger partial charge on any atom is -0.313 e. The molecule has 1 fully saturated rings. The molecule has 1 aliphatic heterocycles. The molecule has 0 aliphatic carbocycles. The third-order valence-corrected chi connectivity index (χ3v) is 1.34. The van der Waals surface area contributed by atoms with E-state index >= 15 is 0 Å². The van der Waals surface area contributed by atoms with E-state index in [1.165, 1.54) is 0 Å². The topological polar surface area (TPSA) is 12.0 Å². The third kappa shape index (κ3) is 2.39. The second-order valence-electron chi connectivity index (χ2n) is 2.27. The van der Waals surface area contributed by atoms with Crippen LogP contribution in [-0.2, 0) is 0 Å². The molecule has 0 aromatic heterocycles. The van der Waals surface area contributed by atoms with E-state index < -0.39 is 6.18 Å². The lowest BCUT2D eigenvalue weighted by Gasteiger charge is -1.99. The first kappa shape index (κ1) is 7.60. The van der Waals surface area contributed by atoms with Gasteiger partial charge in [0.25, 0.3) is 0 Å². The Hall–Kier alpha value is -0.510. The fourth-order valence-corrected chi connectivity index (χ4v) is 0.941. The van der Waals surface area contributed by atoms with E-state index in [1.54, 1.807) is 0 Å². The second kappa shape index (κ2) is 2.62. The summed E-state index contributed by atoms with van der Waals surface area (Å²) in [5, 5.41) is 2.83. The van der Waals surface area contributed by atoms with Gasteiger partial charge in [-0.2, -0.15) is 13.2 Å². The summed E-state index contributed by atoms with van der Waals surface area (Å²) in [6.07, 6.45) is -3.23. The number of alkyl halides is 3. The Labute approximate surface area is 56.9 Å². The van der Waals surface area contributed by atoms with Gasteiger partial charge < -0.3 is 5.32 Å². The zero-order valence-corrected chi connectivity index (χ0v) is 5.33.